The molecule has 3 rings (SSSR count). The maximum atomic E-state index is 13.1. The number of likely N-dealkylation sites (tertiary alicyclic amines) is 1. The first-order valence-electron chi connectivity index (χ1n) is 10.4. The van der Waals surface area contributed by atoms with Gasteiger partial charge in [-0.25, -0.2) is 0 Å². The SMILES string of the molecule is CNC(=O)[C@H]1[C@@H]2C(=O)N(CCO)[C@H](C(=O)NCCN3CCOCC3)[C@H]2C=C[C@H]1C. The summed E-state index contributed by atoms with van der Waals surface area (Å²) in [6, 6.07) is -0.708. The van der Waals surface area contributed by atoms with Crippen molar-refractivity contribution in [2.75, 3.05) is 59.6 Å². The summed E-state index contributed by atoms with van der Waals surface area (Å²) in [5, 5.41) is 15.1. The normalized spacial score (nSPS) is 32.2. The zero-order chi connectivity index (χ0) is 21.0. The predicted octanol–water partition coefficient (Wildman–Crippen LogP) is -1.56. The van der Waals surface area contributed by atoms with Gasteiger partial charge in [-0.15, -0.1) is 0 Å². The molecule has 0 spiro atoms. The Morgan fingerprint density at radius 1 is 1.21 bits per heavy atom. The molecule has 3 N–H and O–H groups in total. The van der Waals surface area contributed by atoms with Gasteiger partial charge in [-0.05, 0) is 5.92 Å². The summed E-state index contributed by atoms with van der Waals surface area (Å²) in [7, 11) is 1.56. The topological polar surface area (TPSA) is 111 Å². The van der Waals surface area contributed by atoms with Gasteiger partial charge >= 0.3 is 0 Å². The fourth-order valence-corrected chi connectivity index (χ4v) is 4.77. The Bertz CT molecular complexity index is 649. The highest BCUT2D eigenvalue weighted by molar-refractivity contribution is 5.96. The van der Waals surface area contributed by atoms with Gasteiger partial charge in [0.05, 0.1) is 31.7 Å². The Kier molecular flexibility index (Phi) is 7.26. The third kappa shape index (κ3) is 4.46. The number of allylic oxidation sites excluding steroid dienone is 1. The minimum absolute atomic E-state index is 0.0794. The van der Waals surface area contributed by atoms with E-state index < -0.39 is 17.9 Å². The number of morpholine rings is 1. The Morgan fingerprint density at radius 2 is 1.93 bits per heavy atom. The van der Waals surface area contributed by atoms with Crippen molar-refractivity contribution in [1.82, 2.24) is 20.4 Å². The molecule has 29 heavy (non-hydrogen) atoms. The molecular weight excluding hydrogens is 376 g/mol. The molecule has 0 saturated carbocycles. The molecule has 3 aliphatic rings. The molecule has 1 aliphatic carbocycles. The first-order valence-corrected chi connectivity index (χ1v) is 10.4. The van der Waals surface area contributed by atoms with Crippen LogP contribution in [0.1, 0.15) is 6.92 Å². The highest BCUT2D eigenvalue weighted by Crippen LogP contribution is 2.43. The van der Waals surface area contributed by atoms with Crippen LogP contribution < -0.4 is 10.6 Å². The van der Waals surface area contributed by atoms with Crippen LogP contribution in [0.4, 0.5) is 0 Å². The minimum atomic E-state index is -0.708. The van der Waals surface area contributed by atoms with Crippen molar-refractivity contribution in [3.05, 3.63) is 12.2 Å². The van der Waals surface area contributed by atoms with Crippen LogP contribution in [0.5, 0.6) is 0 Å². The van der Waals surface area contributed by atoms with E-state index in [2.05, 4.69) is 15.5 Å². The molecule has 0 unspecified atom stereocenters. The first kappa shape index (κ1) is 21.7. The van der Waals surface area contributed by atoms with Crippen molar-refractivity contribution in [2.45, 2.75) is 13.0 Å². The fraction of sp³-hybridized carbons (Fsp3) is 0.750. The summed E-state index contributed by atoms with van der Waals surface area (Å²) in [5.74, 6) is -2.24. The van der Waals surface area contributed by atoms with Crippen LogP contribution in [0.3, 0.4) is 0 Å². The summed E-state index contributed by atoms with van der Waals surface area (Å²) in [6.07, 6.45) is 3.82. The Balaban J connectivity index is 1.73. The summed E-state index contributed by atoms with van der Waals surface area (Å²) in [6.45, 7) is 6.03. The molecular formula is C20H32N4O5. The highest BCUT2D eigenvalue weighted by Gasteiger charge is 2.56. The van der Waals surface area contributed by atoms with Gasteiger partial charge < -0.3 is 25.4 Å². The van der Waals surface area contributed by atoms with Gasteiger partial charge in [0.15, 0.2) is 0 Å². The highest BCUT2D eigenvalue weighted by atomic mass is 16.5. The lowest BCUT2D eigenvalue weighted by molar-refractivity contribution is -0.141. The van der Waals surface area contributed by atoms with Gasteiger partial charge in [-0.3, -0.25) is 19.3 Å². The second-order valence-electron chi connectivity index (χ2n) is 7.93. The number of β-amino-alcohol motifs (C(OH)–C–C–N with tert-alkyl or cyclic N) is 1. The van der Waals surface area contributed by atoms with E-state index >= 15 is 0 Å². The number of aliphatic hydroxyl groups excluding tert-OH is 1. The Labute approximate surface area is 171 Å². The molecule has 9 heteroatoms. The van der Waals surface area contributed by atoms with Gasteiger partial charge in [0.2, 0.25) is 17.7 Å². The Morgan fingerprint density at radius 3 is 2.59 bits per heavy atom. The van der Waals surface area contributed by atoms with E-state index in [1.165, 1.54) is 4.90 Å². The molecule has 9 nitrogen and oxygen atoms in total. The van der Waals surface area contributed by atoms with Gasteiger partial charge in [0.1, 0.15) is 6.04 Å². The number of hydrogen-bond donors (Lipinski definition) is 3. The largest absolute Gasteiger partial charge is 0.395 e. The Hall–Kier alpha value is -1.97. The van der Waals surface area contributed by atoms with Crippen molar-refractivity contribution in [3.8, 4) is 0 Å². The number of nitrogens with zero attached hydrogens (tertiary/aromatic N) is 2. The zero-order valence-corrected chi connectivity index (χ0v) is 17.2. The predicted molar refractivity (Wildman–Crippen MR) is 106 cm³/mol. The second-order valence-corrected chi connectivity index (χ2v) is 7.93. The van der Waals surface area contributed by atoms with Crippen molar-refractivity contribution in [1.29, 1.82) is 0 Å². The van der Waals surface area contributed by atoms with Crippen LogP contribution in [0.25, 0.3) is 0 Å². The molecule has 0 bridgehead atoms. The number of carbonyl (C=O) groups excluding carboxylic acids is 3. The zero-order valence-electron chi connectivity index (χ0n) is 17.2. The number of fused-ring (bicyclic) bond motifs is 1. The monoisotopic (exact) mass is 408 g/mol. The van der Waals surface area contributed by atoms with Gasteiger partial charge in [-0.1, -0.05) is 19.1 Å². The molecule has 2 aliphatic heterocycles. The number of carbonyl (C=O) groups is 3. The average Bonchev–Trinajstić information content (AvgIpc) is 3.00. The molecule has 2 saturated heterocycles. The number of ether oxygens (including phenoxy) is 1. The van der Waals surface area contributed by atoms with Crippen molar-refractivity contribution in [2.24, 2.45) is 23.7 Å². The molecule has 162 valence electrons. The molecule has 0 radical (unpaired) electrons. The van der Waals surface area contributed by atoms with Crippen molar-refractivity contribution >= 4 is 17.7 Å². The van der Waals surface area contributed by atoms with Crippen LogP contribution in [0, 0.1) is 23.7 Å². The summed E-state index contributed by atoms with van der Waals surface area (Å²) >= 11 is 0. The number of rotatable bonds is 7. The maximum Gasteiger partial charge on any atom is 0.243 e. The molecule has 3 amide bonds. The van der Waals surface area contributed by atoms with Crippen LogP contribution in [-0.2, 0) is 19.1 Å². The number of nitrogens with one attached hydrogen (secondary N) is 2. The van der Waals surface area contributed by atoms with Gasteiger partial charge in [0.25, 0.3) is 0 Å². The second kappa shape index (κ2) is 9.69. The van der Waals surface area contributed by atoms with E-state index in [0.29, 0.717) is 19.8 Å². The van der Waals surface area contributed by atoms with E-state index in [0.717, 1.165) is 19.6 Å². The van der Waals surface area contributed by atoms with E-state index in [9.17, 15) is 19.5 Å². The molecule has 2 fully saturated rings. The van der Waals surface area contributed by atoms with Crippen molar-refractivity contribution < 1.29 is 24.2 Å². The first-order chi connectivity index (χ1) is 14.0. The number of aliphatic hydroxyl groups is 1. The number of hydrogen-bond acceptors (Lipinski definition) is 6. The maximum absolute atomic E-state index is 13.1. The quantitative estimate of drug-likeness (QED) is 0.440. The average molecular weight is 408 g/mol. The molecule has 0 aromatic carbocycles. The summed E-state index contributed by atoms with van der Waals surface area (Å²) in [5.41, 5.74) is 0. The third-order valence-electron chi connectivity index (χ3n) is 6.26. The van der Waals surface area contributed by atoms with Gasteiger partial charge in [0, 0.05) is 45.7 Å². The molecule has 0 aromatic heterocycles. The van der Waals surface area contributed by atoms with Crippen LogP contribution >= 0.6 is 0 Å². The molecule has 2 heterocycles. The van der Waals surface area contributed by atoms with E-state index in [1.807, 2.05) is 19.1 Å². The van der Waals surface area contributed by atoms with Crippen molar-refractivity contribution in [3.63, 3.8) is 0 Å². The van der Waals surface area contributed by atoms with E-state index in [4.69, 9.17) is 4.74 Å². The molecule has 5 atom stereocenters. The van der Waals surface area contributed by atoms with E-state index in [-0.39, 0.29) is 42.7 Å². The lowest BCUT2D eigenvalue weighted by Gasteiger charge is -2.32. The van der Waals surface area contributed by atoms with Gasteiger partial charge in [-0.2, -0.15) is 0 Å². The van der Waals surface area contributed by atoms with Crippen LogP contribution in [0.15, 0.2) is 12.2 Å². The molecule has 0 aromatic rings. The lowest BCUT2D eigenvalue weighted by atomic mass is 9.70. The summed E-state index contributed by atoms with van der Waals surface area (Å²) in [4.78, 5) is 42.3. The fourth-order valence-electron chi connectivity index (χ4n) is 4.77. The lowest BCUT2D eigenvalue weighted by Crippen LogP contribution is -2.50. The van der Waals surface area contributed by atoms with Crippen LogP contribution in [-0.4, -0.2) is 98.3 Å². The smallest absolute Gasteiger partial charge is 0.243 e. The third-order valence-corrected chi connectivity index (χ3v) is 6.26. The minimum Gasteiger partial charge on any atom is -0.395 e. The van der Waals surface area contributed by atoms with E-state index in [1.54, 1.807) is 7.05 Å². The van der Waals surface area contributed by atoms with Crippen LogP contribution in [0.2, 0.25) is 0 Å². The summed E-state index contributed by atoms with van der Waals surface area (Å²) < 4.78 is 5.33. The standard InChI is InChI=1S/C20H32N4O5/c1-13-3-4-14-16(15(13)18(26)21-2)20(28)24(7-10-25)17(14)19(27)22-5-6-23-8-11-29-12-9-23/h3-4,13-17,25H,5-12H2,1-2H3,(H,21,26)(H,22,27)/t13-,14+,15-,16-,17+/m1/s1. The number of amides is 3.